The molecular formula is C15H14FN3O. The Bertz CT molecular complexity index is 795. The van der Waals surface area contributed by atoms with Crippen LogP contribution in [-0.2, 0) is 7.05 Å². The minimum atomic E-state index is -0.305. The first-order valence-corrected chi connectivity index (χ1v) is 6.16. The molecule has 0 aliphatic heterocycles. The van der Waals surface area contributed by atoms with Gasteiger partial charge in [-0.15, -0.1) is 0 Å². The maximum Gasteiger partial charge on any atom is 0.143 e. The molecule has 2 N–H and O–H groups in total. The summed E-state index contributed by atoms with van der Waals surface area (Å²) in [4.78, 5) is 4.47. The van der Waals surface area contributed by atoms with E-state index in [1.54, 1.807) is 25.3 Å². The van der Waals surface area contributed by atoms with Crippen LogP contribution in [0.4, 0.5) is 10.1 Å². The van der Waals surface area contributed by atoms with E-state index in [-0.39, 0.29) is 5.82 Å². The number of nitrogens with two attached hydrogens (primary N) is 1. The number of fused-ring (bicyclic) bond motifs is 1. The van der Waals surface area contributed by atoms with Crippen molar-refractivity contribution in [2.75, 3.05) is 12.8 Å². The van der Waals surface area contributed by atoms with Gasteiger partial charge in [-0.3, -0.25) is 0 Å². The Hall–Kier alpha value is -2.56. The third kappa shape index (κ3) is 1.87. The molecule has 0 saturated carbocycles. The zero-order chi connectivity index (χ0) is 14.3. The fourth-order valence-electron chi connectivity index (χ4n) is 2.27. The van der Waals surface area contributed by atoms with Gasteiger partial charge in [-0.05, 0) is 30.3 Å². The molecule has 3 rings (SSSR count). The van der Waals surface area contributed by atoms with Crippen LogP contribution < -0.4 is 10.5 Å². The molecule has 0 bridgehead atoms. The van der Waals surface area contributed by atoms with Gasteiger partial charge < -0.3 is 15.0 Å². The van der Waals surface area contributed by atoms with Crippen LogP contribution in [0.1, 0.15) is 0 Å². The molecule has 3 aromatic rings. The highest BCUT2D eigenvalue weighted by molar-refractivity contribution is 5.84. The molecule has 102 valence electrons. The lowest BCUT2D eigenvalue weighted by molar-refractivity contribution is 0.415. The summed E-state index contributed by atoms with van der Waals surface area (Å²) in [6, 6.07) is 9.93. The van der Waals surface area contributed by atoms with E-state index in [2.05, 4.69) is 4.98 Å². The average Bonchev–Trinajstić information content (AvgIpc) is 2.76. The Morgan fingerprint density at radius 2 is 2.00 bits per heavy atom. The summed E-state index contributed by atoms with van der Waals surface area (Å²) in [7, 11) is 3.47. The van der Waals surface area contributed by atoms with Gasteiger partial charge in [0.15, 0.2) is 0 Å². The minimum absolute atomic E-state index is 0.305. The maximum atomic E-state index is 13.3. The molecule has 4 nitrogen and oxygen atoms in total. The number of nitrogens with zero attached hydrogens (tertiary/aromatic N) is 2. The minimum Gasteiger partial charge on any atom is -0.497 e. The smallest absolute Gasteiger partial charge is 0.143 e. The van der Waals surface area contributed by atoms with Crippen LogP contribution in [0, 0.1) is 5.82 Å². The molecule has 0 fully saturated rings. The second kappa shape index (κ2) is 4.52. The van der Waals surface area contributed by atoms with Gasteiger partial charge in [0, 0.05) is 24.4 Å². The van der Waals surface area contributed by atoms with Gasteiger partial charge in [0.25, 0.3) is 0 Å². The van der Waals surface area contributed by atoms with E-state index in [1.807, 2.05) is 17.7 Å². The van der Waals surface area contributed by atoms with Crippen LogP contribution in [0.3, 0.4) is 0 Å². The zero-order valence-corrected chi connectivity index (χ0v) is 11.2. The number of nitrogen functional groups attached to an aromatic ring is 1. The first-order valence-electron chi connectivity index (χ1n) is 6.16. The van der Waals surface area contributed by atoms with E-state index in [0.29, 0.717) is 22.8 Å². The van der Waals surface area contributed by atoms with Crippen LogP contribution in [0.25, 0.3) is 22.4 Å². The third-order valence-corrected chi connectivity index (χ3v) is 3.34. The Labute approximate surface area is 115 Å². The number of aromatic nitrogens is 2. The van der Waals surface area contributed by atoms with Gasteiger partial charge in [0.05, 0.1) is 18.1 Å². The van der Waals surface area contributed by atoms with Crippen molar-refractivity contribution in [2.45, 2.75) is 0 Å². The van der Waals surface area contributed by atoms with Crippen LogP contribution in [0.5, 0.6) is 5.75 Å². The topological polar surface area (TPSA) is 53.1 Å². The first kappa shape index (κ1) is 12.5. The normalized spacial score (nSPS) is 10.9. The molecular weight excluding hydrogens is 257 g/mol. The summed E-state index contributed by atoms with van der Waals surface area (Å²) < 4.78 is 20.4. The summed E-state index contributed by atoms with van der Waals surface area (Å²) in [5.74, 6) is 1.08. The molecule has 20 heavy (non-hydrogen) atoms. The summed E-state index contributed by atoms with van der Waals surface area (Å²) in [6.07, 6.45) is 0. The molecule has 0 aliphatic carbocycles. The lowest BCUT2D eigenvalue weighted by atomic mass is 10.1. The largest absolute Gasteiger partial charge is 0.497 e. The van der Waals surface area contributed by atoms with Crippen molar-refractivity contribution in [2.24, 2.45) is 7.05 Å². The van der Waals surface area contributed by atoms with Crippen LogP contribution in [0.2, 0.25) is 0 Å². The predicted molar refractivity (Wildman–Crippen MR) is 77.1 cm³/mol. The van der Waals surface area contributed by atoms with Crippen molar-refractivity contribution in [1.82, 2.24) is 9.55 Å². The fourth-order valence-corrected chi connectivity index (χ4v) is 2.27. The monoisotopic (exact) mass is 271 g/mol. The maximum absolute atomic E-state index is 13.3. The van der Waals surface area contributed by atoms with E-state index in [4.69, 9.17) is 10.5 Å². The van der Waals surface area contributed by atoms with E-state index < -0.39 is 0 Å². The molecule has 2 aromatic carbocycles. The van der Waals surface area contributed by atoms with Gasteiger partial charge in [-0.25, -0.2) is 9.37 Å². The van der Waals surface area contributed by atoms with Gasteiger partial charge in [0.1, 0.15) is 17.4 Å². The molecule has 0 atom stereocenters. The van der Waals surface area contributed by atoms with Crippen molar-refractivity contribution in [3.05, 3.63) is 42.2 Å². The molecule has 0 aliphatic rings. The highest BCUT2D eigenvalue weighted by Crippen LogP contribution is 2.31. The van der Waals surface area contributed by atoms with E-state index in [9.17, 15) is 4.39 Å². The van der Waals surface area contributed by atoms with Gasteiger partial charge >= 0.3 is 0 Å². The second-order valence-electron chi connectivity index (χ2n) is 4.58. The standard InChI is InChI=1S/C15H14FN3O/c1-19-14-6-3-9(16)7-13(14)18-15(19)11-8-10(20-2)4-5-12(11)17/h3-8H,17H2,1-2H3. The summed E-state index contributed by atoms with van der Waals surface area (Å²) >= 11 is 0. The molecule has 1 heterocycles. The average molecular weight is 271 g/mol. The number of ether oxygens (including phenoxy) is 1. The Morgan fingerprint density at radius 1 is 1.20 bits per heavy atom. The van der Waals surface area contributed by atoms with Crippen molar-refractivity contribution < 1.29 is 9.13 Å². The Kier molecular flexibility index (Phi) is 2.82. The number of rotatable bonds is 2. The van der Waals surface area contributed by atoms with Gasteiger partial charge in [-0.2, -0.15) is 0 Å². The quantitative estimate of drug-likeness (QED) is 0.729. The summed E-state index contributed by atoms with van der Waals surface area (Å²) in [6.45, 7) is 0. The second-order valence-corrected chi connectivity index (χ2v) is 4.58. The van der Waals surface area contributed by atoms with Crippen molar-refractivity contribution in [3.8, 4) is 17.1 Å². The molecule has 0 amide bonds. The molecule has 0 unspecified atom stereocenters. The Balaban J connectivity index is 2.26. The first-order chi connectivity index (χ1) is 9.60. The van der Waals surface area contributed by atoms with E-state index in [0.717, 1.165) is 11.1 Å². The number of benzene rings is 2. The molecule has 1 aromatic heterocycles. The van der Waals surface area contributed by atoms with Crippen molar-refractivity contribution in [1.29, 1.82) is 0 Å². The molecule has 5 heteroatoms. The van der Waals surface area contributed by atoms with E-state index >= 15 is 0 Å². The fraction of sp³-hybridized carbons (Fsp3) is 0.133. The van der Waals surface area contributed by atoms with Gasteiger partial charge in [0.2, 0.25) is 0 Å². The number of imidazole rings is 1. The lowest BCUT2D eigenvalue weighted by Gasteiger charge is -2.08. The number of methoxy groups -OCH3 is 1. The SMILES string of the molecule is COc1ccc(N)c(-c2nc3cc(F)ccc3n2C)c1. The number of aryl methyl sites for hydroxylation is 1. The molecule has 0 radical (unpaired) electrons. The summed E-state index contributed by atoms with van der Waals surface area (Å²) in [5.41, 5.74) is 8.83. The van der Waals surface area contributed by atoms with Crippen LogP contribution >= 0.6 is 0 Å². The molecule has 0 saturated heterocycles. The highest BCUT2D eigenvalue weighted by Gasteiger charge is 2.13. The lowest BCUT2D eigenvalue weighted by Crippen LogP contribution is -1.97. The van der Waals surface area contributed by atoms with Crippen LogP contribution in [0.15, 0.2) is 36.4 Å². The van der Waals surface area contributed by atoms with Crippen LogP contribution in [-0.4, -0.2) is 16.7 Å². The predicted octanol–water partition coefficient (Wildman–Crippen LogP) is 2.97. The van der Waals surface area contributed by atoms with Crippen molar-refractivity contribution in [3.63, 3.8) is 0 Å². The zero-order valence-electron chi connectivity index (χ0n) is 11.2. The molecule has 0 spiro atoms. The number of anilines is 1. The third-order valence-electron chi connectivity index (χ3n) is 3.34. The number of halogens is 1. The summed E-state index contributed by atoms with van der Waals surface area (Å²) in [5, 5.41) is 0. The number of hydrogen-bond donors (Lipinski definition) is 1. The number of hydrogen-bond acceptors (Lipinski definition) is 3. The Morgan fingerprint density at radius 3 is 2.75 bits per heavy atom. The van der Waals surface area contributed by atoms with Gasteiger partial charge in [-0.1, -0.05) is 0 Å². The highest BCUT2D eigenvalue weighted by atomic mass is 19.1. The van der Waals surface area contributed by atoms with Crippen molar-refractivity contribution >= 4 is 16.7 Å². The van der Waals surface area contributed by atoms with E-state index in [1.165, 1.54) is 12.1 Å².